The molecule has 0 saturated carbocycles. The van der Waals surface area contributed by atoms with Crippen LogP contribution >= 0.6 is 0 Å². The average Bonchev–Trinajstić information content (AvgIpc) is 2.78. The molecule has 0 fully saturated rings. The second kappa shape index (κ2) is 5.55. The second-order valence-corrected chi connectivity index (χ2v) is 4.95. The fraction of sp³-hybridized carbons (Fsp3) is 0.176. The van der Waals surface area contributed by atoms with Crippen LogP contribution in [0.5, 0.6) is 0 Å². The predicted octanol–water partition coefficient (Wildman–Crippen LogP) is 3.39. The highest BCUT2D eigenvalue weighted by Gasteiger charge is 2.14. The summed E-state index contributed by atoms with van der Waals surface area (Å²) in [6, 6.07) is 15.1. The lowest BCUT2D eigenvalue weighted by Crippen LogP contribution is -1.96. The van der Waals surface area contributed by atoms with E-state index >= 15 is 0 Å². The summed E-state index contributed by atoms with van der Waals surface area (Å²) in [5.74, 6) is 0. The molecule has 0 aromatic heterocycles. The van der Waals surface area contributed by atoms with Crippen LogP contribution < -0.4 is 5.73 Å². The first-order chi connectivity index (χ1) is 8.78. The van der Waals surface area contributed by atoms with Gasteiger partial charge in [0.1, 0.15) is 0 Å². The summed E-state index contributed by atoms with van der Waals surface area (Å²) < 4.78 is 0. The van der Waals surface area contributed by atoms with Crippen LogP contribution in [0, 0.1) is 0 Å². The molecule has 0 bridgehead atoms. The molecule has 0 saturated heterocycles. The van der Waals surface area contributed by atoms with Crippen molar-refractivity contribution >= 4 is 17.0 Å². The van der Waals surface area contributed by atoms with Gasteiger partial charge >= 0.3 is 0 Å². The number of allylic oxidation sites excluding steroid dienone is 1. The highest BCUT2D eigenvalue weighted by atomic mass is 28.1. The van der Waals surface area contributed by atoms with Crippen molar-refractivity contribution < 1.29 is 0 Å². The first-order valence-corrected chi connectivity index (χ1v) is 6.36. The topological polar surface area (TPSA) is 26.0 Å². The molecular formula is C17H17NSi. The van der Waals surface area contributed by atoms with Gasteiger partial charge in [-0.25, -0.2) is 0 Å². The molecule has 2 aromatic rings. The van der Waals surface area contributed by atoms with E-state index in [4.69, 9.17) is 5.73 Å². The standard InChI is InChI=1S/C17H17N.Si/c1-12-8-14-6-3-7-16(17(14)9-12)15-5-2-4-13(10-15)11-18;/h2-8,10H,9,11,18H2,1H3;. The van der Waals surface area contributed by atoms with Crippen molar-refractivity contribution in [1.82, 2.24) is 0 Å². The number of fused-ring (bicyclic) bond motifs is 1. The van der Waals surface area contributed by atoms with E-state index in [0.29, 0.717) is 6.54 Å². The zero-order valence-corrected chi connectivity index (χ0v) is 12.1. The minimum absolute atomic E-state index is 0. The Kier molecular flexibility index (Phi) is 4.03. The van der Waals surface area contributed by atoms with Gasteiger partial charge in [-0.1, -0.05) is 48.0 Å². The molecule has 19 heavy (non-hydrogen) atoms. The van der Waals surface area contributed by atoms with E-state index < -0.39 is 0 Å². The van der Waals surface area contributed by atoms with Crippen LogP contribution in [0.15, 0.2) is 48.0 Å². The molecule has 0 spiro atoms. The molecule has 0 unspecified atom stereocenters. The van der Waals surface area contributed by atoms with Crippen LogP contribution in [0.25, 0.3) is 17.2 Å². The zero-order chi connectivity index (χ0) is 12.5. The van der Waals surface area contributed by atoms with Crippen LogP contribution in [0.4, 0.5) is 0 Å². The van der Waals surface area contributed by atoms with Gasteiger partial charge < -0.3 is 5.73 Å². The molecule has 1 aliphatic carbocycles. The number of rotatable bonds is 2. The minimum Gasteiger partial charge on any atom is -0.326 e. The van der Waals surface area contributed by atoms with Crippen LogP contribution in [0.3, 0.4) is 0 Å². The molecule has 3 rings (SSSR count). The van der Waals surface area contributed by atoms with Gasteiger partial charge in [0.2, 0.25) is 0 Å². The molecule has 0 heterocycles. The van der Waals surface area contributed by atoms with Crippen LogP contribution in [-0.4, -0.2) is 11.0 Å². The molecule has 0 aliphatic heterocycles. The van der Waals surface area contributed by atoms with E-state index in [1.54, 1.807) is 0 Å². The Balaban J connectivity index is 0.00000133. The second-order valence-electron chi connectivity index (χ2n) is 4.95. The Hall–Kier alpha value is -1.64. The fourth-order valence-corrected chi connectivity index (χ4v) is 2.67. The van der Waals surface area contributed by atoms with E-state index in [-0.39, 0.29) is 11.0 Å². The van der Waals surface area contributed by atoms with Crippen LogP contribution in [0.2, 0.25) is 0 Å². The molecule has 2 heteroatoms. The summed E-state index contributed by atoms with van der Waals surface area (Å²) in [7, 11) is 0. The van der Waals surface area contributed by atoms with Gasteiger partial charge in [0.25, 0.3) is 0 Å². The van der Waals surface area contributed by atoms with Gasteiger partial charge in [0, 0.05) is 17.5 Å². The molecule has 1 aliphatic rings. The SMILES string of the molecule is CC1=Cc2cccc(-c3cccc(CN)c3)c2C1.[Si]. The third kappa shape index (κ3) is 2.55. The number of hydrogen-bond donors (Lipinski definition) is 1. The molecule has 1 nitrogen and oxygen atoms in total. The summed E-state index contributed by atoms with van der Waals surface area (Å²) in [6.45, 7) is 2.79. The van der Waals surface area contributed by atoms with Gasteiger partial charge in [0.15, 0.2) is 0 Å². The van der Waals surface area contributed by atoms with Gasteiger partial charge in [-0.05, 0) is 47.2 Å². The molecule has 2 N–H and O–H groups in total. The Morgan fingerprint density at radius 3 is 2.68 bits per heavy atom. The maximum Gasteiger partial charge on any atom is 0.0178 e. The Morgan fingerprint density at radius 1 is 1.11 bits per heavy atom. The van der Waals surface area contributed by atoms with Crippen LogP contribution in [-0.2, 0) is 13.0 Å². The molecule has 4 radical (unpaired) electrons. The van der Waals surface area contributed by atoms with E-state index in [2.05, 4.69) is 55.5 Å². The first kappa shape index (κ1) is 13.8. The first-order valence-electron chi connectivity index (χ1n) is 6.36. The quantitative estimate of drug-likeness (QED) is 0.826. The van der Waals surface area contributed by atoms with Gasteiger partial charge in [0.05, 0.1) is 0 Å². The maximum absolute atomic E-state index is 5.72. The smallest absolute Gasteiger partial charge is 0.0178 e. The summed E-state index contributed by atoms with van der Waals surface area (Å²) >= 11 is 0. The summed E-state index contributed by atoms with van der Waals surface area (Å²) in [5.41, 5.74) is 13.8. The average molecular weight is 263 g/mol. The lowest BCUT2D eigenvalue weighted by atomic mass is 9.95. The van der Waals surface area contributed by atoms with Crippen molar-refractivity contribution in [3.63, 3.8) is 0 Å². The Labute approximate surface area is 119 Å². The van der Waals surface area contributed by atoms with Crippen LogP contribution in [0.1, 0.15) is 23.6 Å². The summed E-state index contributed by atoms with van der Waals surface area (Å²) in [6.07, 6.45) is 3.35. The molecule has 0 amide bonds. The van der Waals surface area contributed by atoms with E-state index in [1.807, 2.05) is 0 Å². The fourth-order valence-electron chi connectivity index (χ4n) is 2.67. The lowest BCUT2D eigenvalue weighted by molar-refractivity contribution is 1.07. The number of nitrogens with two attached hydrogens (primary N) is 1. The minimum atomic E-state index is 0. The highest BCUT2D eigenvalue weighted by molar-refractivity contribution is 5.77. The number of benzene rings is 2. The van der Waals surface area contributed by atoms with Gasteiger partial charge in [-0.15, -0.1) is 0 Å². The van der Waals surface area contributed by atoms with E-state index in [0.717, 1.165) is 6.42 Å². The third-order valence-corrected chi connectivity index (χ3v) is 3.54. The maximum atomic E-state index is 5.72. The van der Waals surface area contributed by atoms with E-state index in [9.17, 15) is 0 Å². The van der Waals surface area contributed by atoms with Crippen molar-refractivity contribution in [2.24, 2.45) is 5.73 Å². The normalized spacial score (nSPS) is 12.6. The largest absolute Gasteiger partial charge is 0.326 e. The molecule has 2 aromatic carbocycles. The molecular weight excluding hydrogens is 246 g/mol. The van der Waals surface area contributed by atoms with E-state index in [1.165, 1.54) is 33.4 Å². The molecule has 94 valence electrons. The Bertz CT molecular complexity index is 629. The predicted molar refractivity (Wildman–Crippen MR) is 82.9 cm³/mol. The van der Waals surface area contributed by atoms with Crippen molar-refractivity contribution in [2.45, 2.75) is 19.9 Å². The molecule has 0 atom stereocenters. The van der Waals surface area contributed by atoms with Gasteiger partial charge in [-0.3, -0.25) is 0 Å². The summed E-state index contributed by atoms with van der Waals surface area (Å²) in [4.78, 5) is 0. The summed E-state index contributed by atoms with van der Waals surface area (Å²) in [5, 5.41) is 0. The van der Waals surface area contributed by atoms with Crippen molar-refractivity contribution in [3.8, 4) is 11.1 Å². The highest BCUT2D eigenvalue weighted by Crippen LogP contribution is 2.33. The monoisotopic (exact) mass is 263 g/mol. The number of hydrogen-bond acceptors (Lipinski definition) is 1. The van der Waals surface area contributed by atoms with Crippen molar-refractivity contribution in [3.05, 3.63) is 64.7 Å². The van der Waals surface area contributed by atoms with Crippen molar-refractivity contribution in [2.75, 3.05) is 0 Å². The van der Waals surface area contributed by atoms with Crippen molar-refractivity contribution in [1.29, 1.82) is 0 Å². The van der Waals surface area contributed by atoms with Gasteiger partial charge in [-0.2, -0.15) is 0 Å². The lowest BCUT2D eigenvalue weighted by Gasteiger charge is -2.10. The third-order valence-electron chi connectivity index (χ3n) is 3.54. The zero-order valence-electron chi connectivity index (χ0n) is 11.1. The Morgan fingerprint density at radius 2 is 1.89 bits per heavy atom.